The molecule has 0 spiro atoms. The number of rotatable bonds is 3. The van der Waals surface area contributed by atoms with Crippen molar-refractivity contribution in [1.29, 1.82) is 0 Å². The van der Waals surface area contributed by atoms with E-state index in [-0.39, 0.29) is 30.9 Å². The number of hydrogen-bond acceptors (Lipinski definition) is 3. The molecule has 2 N–H and O–H groups in total. The molecule has 4 aliphatic carbocycles. The summed E-state index contributed by atoms with van der Waals surface area (Å²) >= 11 is 0. The molecule has 5 heteroatoms. The van der Waals surface area contributed by atoms with Crippen molar-refractivity contribution < 1.29 is 5.11 Å². The topological polar surface area (TPSA) is 35.5 Å². The molecule has 134 valence electrons. The summed E-state index contributed by atoms with van der Waals surface area (Å²) in [6.45, 7) is 3.47. The maximum atomic E-state index is 10.6. The van der Waals surface area contributed by atoms with Gasteiger partial charge in [0.05, 0.1) is 6.10 Å². The van der Waals surface area contributed by atoms with Crippen molar-refractivity contribution in [2.75, 3.05) is 19.6 Å². The highest BCUT2D eigenvalue weighted by molar-refractivity contribution is 5.85. The summed E-state index contributed by atoms with van der Waals surface area (Å²) in [6.07, 6.45) is 11.2. The van der Waals surface area contributed by atoms with Crippen molar-refractivity contribution in [3.05, 3.63) is 0 Å². The van der Waals surface area contributed by atoms with Crippen molar-refractivity contribution in [3.63, 3.8) is 0 Å². The number of piperidine rings is 3. The van der Waals surface area contributed by atoms with Gasteiger partial charge in [-0.2, -0.15) is 0 Å². The Hall–Kier alpha value is 0.460. The van der Waals surface area contributed by atoms with Gasteiger partial charge < -0.3 is 10.4 Å². The Morgan fingerprint density at radius 3 is 1.91 bits per heavy atom. The largest absolute Gasteiger partial charge is 0.391 e. The quantitative estimate of drug-likeness (QED) is 0.810. The van der Waals surface area contributed by atoms with Crippen LogP contribution in [0.1, 0.15) is 51.4 Å². The van der Waals surface area contributed by atoms with Crippen LogP contribution in [0.25, 0.3) is 0 Å². The van der Waals surface area contributed by atoms with Crippen LogP contribution < -0.4 is 5.32 Å². The van der Waals surface area contributed by atoms with E-state index in [0.29, 0.717) is 17.5 Å². The molecule has 2 unspecified atom stereocenters. The zero-order chi connectivity index (χ0) is 14.0. The van der Waals surface area contributed by atoms with Gasteiger partial charge in [-0.1, -0.05) is 0 Å². The first kappa shape index (κ1) is 18.3. The van der Waals surface area contributed by atoms with Gasteiger partial charge in [0, 0.05) is 18.1 Å². The van der Waals surface area contributed by atoms with Crippen LogP contribution in [0.3, 0.4) is 0 Å². The van der Waals surface area contributed by atoms with Crippen molar-refractivity contribution in [2.24, 2.45) is 23.7 Å². The van der Waals surface area contributed by atoms with Gasteiger partial charge in [0.15, 0.2) is 0 Å². The summed E-state index contributed by atoms with van der Waals surface area (Å²) in [6, 6.07) is 0.394. The van der Waals surface area contributed by atoms with Crippen LogP contribution in [0.5, 0.6) is 0 Å². The molecule has 6 bridgehead atoms. The molecular formula is C18H32Cl2N2O. The lowest BCUT2D eigenvalue weighted by Crippen LogP contribution is -2.65. The molecule has 2 atom stereocenters. The predicted octanol–water partition coefficient (Wildman–Crippen LogP) is 2.84. The molecule has 0 aromatic rings. The summed E-state index contributed by atoms with van der Waals surface area (Å²) in [7, 11) is 0. The van der Waals surface area contributed by atoms with Gasteiger partial charge in [-0.05, 0) is 88.1 Å². The fourth-order valence-corrected chi connectivity index (χ4v) is 7.02. The second-order valence-electron chi connectivity index (χ2n) is 9.01. The van der Waals surface area contributed by atoms with Gasteiger partial charge in [0.25, 0.3) is 0 Å². The van der Waals surface area contributed by atoms with E-state index in [1.807, 2.05) is 0 Å². The molecule has 7 rings (SSSR count). The lowest BCUT2D eigenvalue weighted by Gasteiger charge is -2.58. The van der Waals surface area contributed by atoms with Crippen LogP contribution in [-0.4, -0.2) is 47.3 Å². The van der Waals surface area contributed by atoms with Gasteiger partial charge in [0.1, 0.15) is 0 Å². The minimum Gasteiger partial charge on any atom is -0.391 e. The van der Waals surface area contributed by atoms with Gasteiger partial charge in [-0.25, -0.2) is 0 Å². The van der Waals surface area contributed by atoms with E-state index in [1.54, 1.807) is 0 Å². The zero-order valence-corrected chi connectivity index (χ0v) is 15.6. The van der Waals surface area contributed by atoms with E-state index >= 15 is 0 Å². The molecule has 4 saturated carbocycles. The Balaban J connectivity index is 0.000000781. The molecule has 23 heavy (non-hydrogen) atoms. The minimum absolute atomic E-state index is 0. The standard InChI is InChI=1S/C18H30N2O.2ClH/c21-17-15-1-3-20(4-2-15)16(17)11-19-18-8-12-5-13(9-18)7-14(6-12)10-18;;/h12-17,19,21H,1-11H2;2*1H. The van der Waals surface area contributed by atoms with Gasteiger partial charge >= 0.3 is 0 Å². The molecule has 0 amide bonds. The first-order valence-corrected chi connectivity index (χ1v) is 9.38. The Bertz CT molecular complexity index is 388. The normalized spacial score (nSPS) is 52.8. The summed E-state index contributed by atoms with van der Waals surface area (Å²) in [4.78, 5) is 2.55. The highest BCUT2D eigenvalue weighted by atomic mass is 35.5. The van der Waals surface area contributed by atoms with Crippen LogP contribution in [0.4, 0.5) is 0 Å². The number of halogens is 2. The molecular weight excluding hydrogens is 331 g/mol. The number of aliphatic hydroxyl groups excluding tert-OH is 1. The molecule has 7 aliphatic rings. The van der Waals surface area contributed by atoms with Crippen LogP contribution in [0.15, 0.2) is 0 Å². The minimum atomic E-state index is -0.0751. The highest BCUT2D eigenvalue weighted by Gasteiger charge is 2.51. The van der Waals surface area contributed by atoms with E-state index in [2.05, 4.69) is 10.2 Å². The zero-order valence-electron chi connectivity index (χ0n) is 14.0. The fourth-order valence-electron chi connectivity index (χ4n) is 7.02. The molecule has 3 aliphatic heterocycles. The van der Waals surface area contributed by atoms with Crippen LogP contribution in [0.2, 0.25) is 0 Å². The molecule has 0 radical (unpaired) electrons. The Kier molecular flexibility index (Phi) is 5.27. The molecule has 3 saturated heterocycles. The molecule has 0 aromatic carbocycles. The SMILES string of the molecule is Cl.Cl.OC1C2CCN(CC2)C1CNC12CC3CC(CC(C3)C1)C2. The Morgan fingerprint density at radius 1 is 0.913 bits per heavy atom. The maximum absolute atomic E-state index is 10.6. The Morgan fingerprint density at radius 2 is 1.43 bits per heavy atom. The summed E-state index contributed by atoms with van der Waals surface area (Å²) in [5.74, 6) is 3.61. The number of aliphatic hydroxyl groups is 1. The van der Waals surface area contributed by atoms with Gasteiger partial charge in [-0.3, -0.25) is 4.90 Å². The lowest BCUT2D eigenvalue weighted by atomic mass is 9.53. The van der Waals surface area contributed by atoms with Crippen LogP contribution in [-0.2, 0) is 0 Å². The van der Waals surface area contributed by atoms with E-state index in [0.717, 1.165) is 24.3 Å². The van der Waals surface area contributed by atoms with E-state index in [1.165, 1.54) is 64.5 Å². The third-order valence-corrected chi connectivity index (χ3v) is 7.64. The lowest BCUT2D eigenvalue weighted by molar-refractivity contribution is -0.0804. The first-order chi connectivity index (χ1) is 10.2. The third-order valence-electron chi connectivity index (χ3n) is 7.64. The second kappa shape index (κ2) is 6.64. The maximum Gasteiger partial charge on any atom is 0.0736 e. The van der Waals surface area contributed by atoms with Crippen molar-refractivity contribution in [2.45, 2.75) is 69.1 Å². The predicted molar refractivity (Wildman–Crippen MR) is 97.5 cm³/mol. The second-order valence-corrected chi connectivity index (χ2v) is 9.01. The van der Waals surface area contributed by atoms with Crippen LogP contribution >= 0.6 is 24.8 Å². The molecule has 3 heterocycles. The third kappa shape index (κ3) is 3.06. The average Bonchev–Trinajstić information content (AvgIpc) is 2.46. The van der Waals surface area contributed by atoms with Crippen molar-refractivity contribution in [1.82, 2.24) is 10.2 Å². The number of nitrogens with one attached hydrogen (secondary N) is 1. The number of hydrogen-bond donors (Lipinski definition) is 2. The number of fused-ring (bicyclic) bond motifs is 3. The summed E-state index contributed by atoms with van der Waals surface area (Å²) in [5, 5.41) is 14.6. The molecule has 0 aromatic heterocycles. The van der Waals surface area contributed by atoms with Crippen molar-refractivity contribution in [3.8, 4) is 0 Å². The average molecular weight is 363 g/mol. The smallest absolute Gasteiger partial charge is 0.0736 e. The van der Waals surface area contributed by atoms with Crippen LogP contribution in [0, 0.1) is 23.7 Å². The Labute approximate surface area is 152 Å². The summed E-state index contributed by atoms with van der Waals surface area (Å²) in [5.41, 5.74) is 0.451. The molecule has 7 fully saturated rings. The summed E-state index contributed by atoms with van der Waals surface area (Å²) < 4.78 is 0. The molecule has 3 nitrogen and oxygen atoms in total. The van der Waals surface area contributed by atoms with E-state index < -0.39 is 0 Å². The van der Waals surface area contributed by atoms with E-state index in [9.17, 15) is 5.11 Å². The van der Waals surface area contributed by atoms with Gasteiger partial charge in [0.2, 0.25) is 0 Å². The van der Waals surface area contributed by atoms with E-state index in [4.69, 9.17) is 0 Å². The first-order valence-electron chi connectivity index (χ1n) is 9.38. The van der Waals surface area contributed by atoms with Crippen molar-refractivity contribution >= 4 is 24.8 Å². The monoisotopic (exact) mass is 362 g/mol. The number of nitrogens with zero attached hydrogens (tertiary/aromatic N) is 1. The highest BCUT2D eigenvalue weighted by Crippen LogP contribution is 2.55. The fraction of sp³-hybridized carbons (Fsp3) is 1.00. The van der Waals surface area contributed by atoms with Gasteiger partial charge in [-0.15, -0.1) is 24.8 Å².